The fourth-order valence-corrected chi connectivity index (χ4v) is 4.44. The van der Waals surface area contributed by atoms with Crippen molar-refractivity contribution in [2.24, 2.45) is 0 Å². The van der Waals surface area contributed by atoms with E-state index < -0.39 is 12.0 Å². The highest BCUT2D eigenvalue weighted by molar-refractivity contribution is 7.80. The van der Waals surface area contributed by atoms with Crippen LogP contribution in [-0.4, -0.2) is 36.2 Å². The van der Waals surface area contributed by atoms with E-state index in [2.05, 4.69) is 43.6 Å². The van der Waals surface area contributed by atoms with Crippen molar-refractivity contribution in [1.29, 1.82) is 0 Å². The molecule has 35 heavy (non-hydrogen) atoms. The molecule has 0 fully saturated rings. The number of hydrogen-bond acceptors (Lipinski definition) is 4. The number of rotatable bonds is 6. The third-order valence-electron chi connectivity index (χ3n) is 6.27. The molecule has 0 aromatic heterocycles. The molecule has 186 valence electrons. The van der Waals surface area contributed by atoms with E-state index in [0.717, 1.165) is 28.1 Å². The van der Waals surface area contributed by atoms with Crippen LogP contribution in [0.3, 0.4) is 0 Å². The number of hydrogen-bond donors (Lipinski definition) is 3. The van der Waals surface area contributed by atoms with Crippen molar-refractivity contribution >= 4 is 40.7 Å². The molecule has 8 heteroatoms. The first-order chi connectivity index (χ1) is 16.5. The first-order valence-corrected chi connectivity index (χ1v) is 12.1. The fourth-order valence-electron chi connectivity index (χ4n) is 4.19. The molecule has 2 aromatic carbocycles. The molecule has 3 N–H and O–H groups in total. The Morgan fingerprint density at radius 2 is 1.57 bits per heavy atom. The van der Waals surface area contributed by atoms with Gasteiger partial charge in [-0.2, -0.15) is 0 Å². The number of esters is 1. The van der Waals surface area contributed by atoms with Gasteiger partial charge in [0.15, 0.2) is 5.11 Å². The number of nitrogens with zero attached hydrogens (tertiary/aromatic N) is 1. The van der Waals surface area contributed by atoms with Crippen molar-refractivity contribution in [3.8, 4) is 0 Å². The number of thiocarbonyl (C=S) groups is 1. The Morgan fingerprint density at radius 3 is 2.09 bits per heavy atom. The lowest BCUT2D eigenvalue weighted by atomic mass is 9.93. The molecule has 0 bridgehead atoms. The van der Waals surface area contributed by atoms with Crippen LogP contribution in [0.5, 0.6) is 0 Å². The molecule has 3 rings (SSSR count). The Balaban J connectivity index is 1.82. The molecule has 0 saturated carbocycles. The number of allylic oxidation sites excluding steroid dienone is 1. The molecule has 1 unspecified atom stereocenters. The minimum absolute atomic E-state index is 0.275. The van der Waals surface area contributed by atoms with Gasteiger partial charge in [-0.3, -0.25) is 0 Å². The maximum Gasteiger partial charge on any atom is 0.337 e. The Labute approximate surface area is 212 Å². The number of para-hydroxylation sites is 1. The summed E-state index contributed by atoms with van der Waals surface area (Å²) in [6.07, 6.45) is 0. The summed E-state index contributed by atoms with van der Waals surface area (Å²) in [7, 11) is 3.16. The fraction of sp³-hybridized carbons (Fsp3) is 0.370. The zero-order valence-electron chi connectivity index (χ0n) is 21.4. The maximum absolute atomic E-state index is 12.9. The second kappa shape index (κ2) is 10.9. The van der Waals surface area contributed by atoms with Gasteiger partial charge in [-0.05, 0) is 59.8 Å². The van der Waals surface area contributed by atoms with Gasteiger partial charge in [0.2, 0.25) is 0 Å². The van der Waals surface area contributed by atoms with Crippen molar-refractivity contribution in [1.82, 2.24) is 10.2 Å². The van der Waals surface area contributed by atoms with Crippen molar-refractivity contribution in [3.05, 3.63) is 70.4 Å². The first kappa shape index (κ1) is 26.2. The van der Waals surface area contributed by atoms with E-state index in [1.807, 2.05) is 37.3 Å². The molecule has 1 heterocycles. The van der Waals surface area contributed by atoms with Gasteiger partial charge in [-0.15, -0.1) is 0 Å². The quantitative estimate of drug-likeness (QED) is 0.343. The summed E-state index contributed by atoms with van der Waals surface area (Å²) in [6.45, 7) is 10.3. The first-order valence-electron chi connectivity index (χ1n) is 11.7. The lowest BCUT2D eigenvalue weighted by Crippen LogP contribution is -2.46. The van der Waals surface area contributed by atoms with Crippen LogP contribution in [0.15, 0.2) is 53.7 Å². The van der Waals surface area contributed by atoms with Crippen LogP contribution in [0.2, 0.25) is 0 Å². The Bertz CT molecular complexity index is 1130. The second-order valence-corrected chi connectivity index (χ2v) is 9.64. The molecule has 0 saturated heterocycles. The zero-order chi connectivity index (χ0) is 25.9. The highest BCUT2D eigenvalue weighted by atomic mass is 32.1. The molecule has 0 aliphatic carbocycles. The van der Waals surface area contributed by atoms with Crippen molar-refractivity contribution < 1.29 is 14.3 Å². The van der Waals surface area contributed by atoms with Crippen LogP contribution >= 0.6 is 12.2 Å². The largest absolute Gasteiger partial charge is 0.466 e. The van der Waals surface area contributed by atoms with Gasteiger partial charge in [-0.1, -0.05) is 58.0 Å². The van der Waals surface area contributed by atoms with Crippen LogP contribution in [0, 0.1) is 0 Å². The van der Waals surface area contributed by atoms with Gasteiger partial charge >= 0.3 is 12.0 Å². The topological polar surface area (TPSA) is 82.7 Å². The smallest absolute Gasteiger partial charge is 0.337 e. The van der Waals surface area contributed by atoms with Gasteiger partial charge in [-0.25, -0.2) is 9.59 Å². The summed E-state index contributed by atoms with van der Waals surface area (Å²) in [5.74, 6) is 0.134. The van der Waals surface area contributed by atoms with E-state index in [-0.39, 0.29) is 17.9 Å². The number of carbonyl (C=O) groups excluding carboxylic acids is 2. The van der Waals surface area contributed by atoms with Gasteiger partial charge in [0.05, 0.1) is 18.7 Å². The molecular weight excluding hydrogens is 460 g/mol. The molecule has 0 radical (unpaired) electrons. The number of ether oxygens (including phenoxy) is 1. The highest BCUT2D eigenvalue weighted by Crippen LogP contribution is 2.33. The van der Waals surface area contributed by atoms with E-state index in [4.69, 9.17) is 17.0 Å². The lowest BCUT2D eigenvalue weighted by Gasteiger charge is -2.35. The normalized spacial score (nSPS) is 15.9. The van der Waals surface area contributed by atoms with Crippen LogP contribution in [-0.2, 0) is 9.53 Å². The molecule has 1 aliphatic heterocycles. The standard InChI is InChI=1S/C27H34N4O3S/c1-15(2)20-9-8-10-21(16(3)4)24(20)29-26(33)28-19-13-11-18(12-14-19)23-22(25(32)34-7)17(5)31(6)27(35)30-23/h8-16,23H,1-7H3,(H,30,35)(H2,28,29,33). The zero-order valence-corrected chi connectivity index (χ0v) is 22.2. The summed E-state index contributed by atoms with van der Waals surface area (Å²) in [5.41, 5.74) is 5.75. The van der Waals surface area contributed by atoms with Crippen LogP contribution in [0.25, 0.3) is 0 Å². The number of urea groups is 1. The van der Waals surface area contributed by atoms with E-state index in [0.29, 0.717) is 16.4 Å². The van der Waals surface area contributed by atoms with E-state index in [9.17, 15) is 9.59 Å². The lowest BCUT2D eigenvalue weighted by molar-refractivity contribution is -0.136. The van der Waals surface area contributed by atoms with Gasteiger partial charge < -0.3 is 25.6 Å². The number of carbonyl (C=O) groups is 2. The Morgan fingerprint density at radius 1 is 1.00 bits per heavy atom. The second-order valence-electron chi connectivity index (χ2n) is 9.25. The van der Waals surface area contributed by atoms with E-state index >= 15 is 0 Å². The predicted octanol–water partition coefficient (Wildman–Crippen LogP) is 5.89. The third-order valence-corrected chi connectivity index (χ3v) is 6.66. The average Bonchev–Trinajstić information content (AvgIpc) is 2.82. The highest BCUT2D eigenvalue weighted by Gasteiger charge is 2.33. The van der Waals surface area contributed by atoms with Crippen LogP contribution in [0.4, 0.5) is 16.2 Å². The van der Waals surface area contributed by atoms with Crippen molar-refractivity contribution in [3.63, 3.8) is 0 Å². The Hall–Kier alpha value is -3.39. The number of nitrogens with one attached hydrogen (secondary N) is 3. The van der Waals surface area contributed by atoms with E-state index in [1.54, 1.807) is 24.1 Å². The van der Waals surface area contributed by atoms with Gasteiger partial charge in [0.25, 0.3) is 0 Å². The minimum atomic E-state index is -0.444. The van der Waals surface area contributed by atoms with Crippen molar-refractivity contribution in [2.75, 3.05) is 24.8 Å². The predicted molar refractivity (Wildman–Crippen MR) is 145 cm³/mol. The molecule has 2 amide bonds. The maximum atomic E-state index is 12.9. The SMILES string of the molecule is COC(=O)C1=C(C)N(C)C(=S)NC1c1ccc(NC(=O)Nc2c(C(C)C)cccc2C(C)C)cc1. The molecular formula is C27H34N4O3S. The molecule has 1 atom stereocenters. The molecule has 0 spiro atoms. The summed E-state index contributed by atoms with van der Waals surface area (Å²) >= 11 is 5.42. The summed E-state index contributed by atoms with van der Waals surface area (Å²) < 4.78 is 5.01. The minimum Gasteiger partial charge on any atom is -0.466 e. The molecule has 1 aliphatic rings. The molecule has 2 aromatic rings. The van der Waals surface area contributed by atoms with Gasteiger partial charge in [0, 0.05) is 24.1 Å². The monoisotopic (exact) mass is 494 g/mol. The number of benzene rings is 2. The number of amides is 2. The number of anilines is 2. The van der Waals surface area contributed by atoms with E-state index in [1.165, 1.54) is 7.11 Å². The van der Waals surface area contributed by atoms with Gasteiger partial charge in [0.1, 0.15) is 0 Å². The average molecular weight is 495 g/mol. The number of methoxy groups -OCH3 is 1. The van der Waals surface area contributed by atoms with Crippen LogP contribution in [0.1, 0.15) is 69.2 Å². The third kappa shape index (κ3) is 5.65. The Kier molecular flexibility index (Phi) is 8.17. The van der Waals surface area contributed by atoms with Crippen molar-refractivity contribution in [2.45, 2.75) is 52.5 Å². The van der Waals surface area contributed by atoms with Crippen LogP contribution < -0.4 is 16.0 Å². The summed E-state index contributed by atoms with van der Waals surface area (Å²) in [5, 5.41) is 9.70. The summed E-state index contributed by atoms with van der Waals surface area (Å²) in [6, 6.07) is 12.7. The molecule has 7 nitrogen and oxygen atoms in total. The summed E-state index contributed by atoms with van der Waals surface area (Å²) in [4.78, 5) is 27.1.